The quantitative estimate of drug-likeness (QED) is 0.840. The third-order valence-electron chi connectivity index (χ3n) is 3.55. The van der Waals surface area contributed by atoms with Crippen molar-refractivity contribution in [3.05, 3.63) is 77.6 Å². The molecule has 108 valence electrons. The fraction of sp³-hybridized carbons (Fsp3) is 0.176. The van der Waals surface area contributed by atoms with Gasteiger partial charge in [-0.2, -0.15) is 0 Å². The molecule has 2 nitrogen and oxygen atoms in total. The number of hydrogen-bond acceptors (Lipinski definition) is 2. The molecule has 21 heavy (non-hydrogen) atoms. The van der Waals surface area contributed by atoms with Crippen molar-refractivity contribution < 1.29 is 8.78 Å². The molecule has 0 aromatic heterocycles. The van der Waals surface area contributed by atoms with E-state index in [-0.39, 0.29) is 0 Å². The monoisotopic (exact) mass is 286 g/mol. The smallest absolute Gasteiger partial charge is 0.131 e. The molecule has 0 bridgehead atoms. The molecule has 0 unspecified atom stereocenters. The highest BCUT2D eigenvalue weighted by molar-refractivity contribution is 5.51. The average Bonchev–Trinajstić information content (AvgIpc) is 2.91. The number of rotatable bonds is 3. The average molecular weight is 286 g/mol. The third kappa shape index (κ3) is 3.05. The summed E-state index contributed by atoms with van der Waals surface area (Å²) in [5, 5.41) is 0. The topological polar surface area (TPSA) is 6.48 Å². The second-order valence-electron chi connectivity index (χ2n) is 5.23. The largest absolute Gasteiger partial charge is 0.354 e. The minimum atomic E-state index is -0.547. The molecule has 0 aliphatic carbocycles. The van der Waals surface area contributed by atoms with Crippen LogP contribution in [0.2, 0.25) is 0 Å². The summed E-state index contributed by atoms with van der Waals surface area (Å²) in [5.41, 5.74) is 2.80. The van der Waals surface area contributed by atoms with Crippen molar-refractivity contribution in [1.29, 1.82) is 0 Å². The molecule has 0 fully saturated rings. The van der Waals surface area contributed by atoms with E-state index in [1.807, 2.05) is 24.2 Å². The molecule has 0 saturated heterocycles. The Labute approximate surface area is 122 Å². The minimum absolute atomic E-state index is 0.422. The van der Waals surface area contributed by atoms with Gasteiger partial charge in [0.05, 0.1) is 6.67 Å². The standard InChI is InChI=1S/C17H16F2N2/c1-13-2-6-16(7-3-13)21-9-8-20(12-21)11-14-4-5-15(18)10-17(14)19/h2-10H,11-12H2,1H3. The van der Waals surface area contributed by atoms with Crippen molar-refractivity contribution >= 4 is 5.69 Å². The number of halogens is 2. The van der Waals surface area contributed by atoms with Crippen molar-refractivity contribution in [3.8, 4) is 0 Å². The SMILES string of the molecule is Cc1ccc(N2C=CN(Cc3ccc(F)cc3F)C2)cc1. The normalized spacial score (nSPS) is 14.0. The van der Waals surface area contributed by atoms with E-state index in [1.54, 1.807) is 0 Å². The number of aryl methyl sites for hydroxylation is 1. The molecule has 0 saturated carbocycles. The van der Waals surface area contributed by atoms with Gasteiger partial charge in [0.2, 0.25) is 0 Å². The van der Waals surface area contributed by atoms with Crippen LogP contribution in [0.5, 0.6) is 0 Å². The van der Waals surface area contributed by atoms with E-state index >= 15 is 0 Å². The molecule has 0 amide bonds. The number of anilines is 1. The molecule has 1 aliphatic rings. The van der Waals surface area contributed by atoms with Crippen LogP contribution in [0.25, 0.3) is 0 Å². The van der Waals surface area contributed by atoms with E-state index in [1.165, 1.54) is 17.7 Å². The maximum atomic E-state index is 13.7. The van der Waals surface area contributed by atoms with Gasteiger partial charge in [-0.3, -0.25) is 0 Å². The van der Waals surface area contributed by atoms with Gasteiger partial charge in [0.25, 0.3) is 0 Å². The molecule has 4 heteroatoms. The first-order valence-electron chi connectivity index (χ1n) is 6.81. The van der Waals surface area contributed by atoms with E-state index in [0.29, 0.717) is 18.8 Å². The van der Waals surface area contributed by atoms with Crippen molar-refractivity contribution in [2.45, 2.75) is 13.5 Å². The predicted octanol–water partition coefficient (Wildman–Crippen LogP) is 4.02. The molecule has 2 aromatic rings. The lowest BCUT2D eigenvalue weighted by Gasteiger charge is -2.21. The maximum absolute atomic E-state index is 13.7. The van der Waals surface area contributed by atoms with Gasteiger partial charge in [0.1, 0.15) is 11.6 Å². The first-order chi connectivity index (χ1) is 10.1. The van der Waals surface area contributed by atoms with Gasteiger partial charge in [-0.1, -0.05) is 23.8 Å². The van der Waals surface area contributed by atoms with E-state index < -0.39 is 11.6 Å². The fourth-order valence-electron chi connectivity index (χ4n) is 2.34. The first-order valence-corrected chi connectivity index (χ1v) is 6.81. The second-order valence-corrected chi connectivity index (χ2v) is 5.23. The van der Waals surface area contributed by atoms with Crippen molar-refractivity contribution in [2.75, 3.05) is 11.6 Å². The van der Waals surface area contributed by atoms with Crippen LogP contribution in [0.3, 0.4) is 0 Å². The zero-order valence-electron chi connectivity index (χ0n) is 11.8. The highest BCUT2D eigenvalue weighted by Crippen LogP contribution is 2.21. The summed E-state index contributed by atoms with van der Waals surface area (Å²) in [6.45, 7) is 3.12. The van der Waals surface area contributed by atoms with Gasteiger partial charge in [-0.25, -0.2) is 8.78 Å². The van der Waals surface area contributed by atoms with E-state index in [2.05, 4.69) is 29.2 Å². The van der Waals surface area contributed by atoms with Crippen LogP contribution in [0, 0.1) is 18.6 Å². The van der Waals surface area contributed by atoms with Gasteiger partial charge in [-0.05, 0) is 25.1 Å². The second kappa shape index (κ2) is 5.56. The fourth-order valence-corrected chi connectivity index (χ4v) is 2.34. The van der Waals surface area contributed by atoms with Crippen molar-refractivity contribution in [1.82, 2.24) is 4.90 Å². The Morgan fingerprint density at radius 2 is 1.76 bits per heavy atom. The predicted molar refractivity (Wildman–Crippen MR) is 79.6 cm³/mol. The summed E-state index contributed by atoms with van der Waals surface area (Å²) in [6.07, 6.45) is 3.88. The van der Waals surface area contributed by atoms with Gasteiger partial charge >= 0.3 is 0 Å². The van der Waals surface area contributed by atoms with E-state index in [0.717, 1.165) is 11.8 Å². The molecule has 0 N–H and O–H groups in total. The Bertz CT molecular complexity index is 665. The lowest BCUT2D eigenvalue weighted by atomic mass is 10.2. The number of nitrogens with zero attached hydrogens (tertiary/aromatic N) is 2. The molecule has 3 rings (SSSR count). The van der Waals surface area contributed by atoms with Crippen molar-refractivity contribution in [2.24, 2.45) is 0 Å². The molecule has 1 aliphatic heterocycles. The van der Waals surface area contributed by atoms with Gasteiger partial charge in [0, 0.05) is 36.3 Å². The van der Waals surface area contributed by atoms with Crippen LogP contribution in [0.1, 0.15) is 11.1 Å². The van der Waals surface area contributed by atoms with Crippen molar-refractivity contribution in [3.63, 3.8) is 0 Å². The maximum Gasteiger partial charge on any atom is 0.131 e. The summed E-state index contributed by atoms with van der Waals surface area (Å²) >= 11 is 0. The Morgan fingerprint density at radius 1 is 1.00 bits per heavy atom. The summed E-state index contributed by atoms with van der Waals surface area (Å²) in [6, 6.07) is 11.9. The summed E-state index contributed by atoms with van der Waals surface area (Å²) in [5.74, 6) is -1.05. The number of benzene rings is 2. The molecule has 0 radical (unpaired) electrons. The summed E-state index contributed by atoms with van der Waals surface area (Å²) < 4.78 is 26.6. The van der Waals surface area contributed by atoms with Crippen LogP contribution >= 0.6 is 0 Å². The highest BCUT2D eigenvalue weighted by Gasteiger charge is 2.15. The van der Waals surface area contributed by atoms with Crippen LogP contribution in [-0.4, -0.2) is 11.6 Å². The number of hydrogen-bond donors (Lipinski definition) is 0. The van der Waals surface area contributed by atoms with Crippen LogP contribution in [0.4, 0.5) is 14.5 Å². The Hall–Kier alpha value is -2.36. The van der Waals surface area contributed by atoms with E-state index in [4.69, 9.17) is 0 Å². The van der Waals surface area contributed by atoms with Gasteiger partial charge < -0.3 is 9.80 Å². The Balaban J connectivity index is 1.67. The molecule has 0 spiro atoms. The molecule has 2 aromatic carbocycles. The van der Waals surface area contributed by atoms with Crippen LogP contribution in [-0.2, 0) is 6.54 Å². The Kier molecular flexibility index (Phi) is 3.60. The van der Waals surface area contributed by atoms with Crippen LogP contribution in [0.15, 0.2) is 54.9 Å². The molecular formula is C17H16F2N2. The third-order valence-corrected chi connectivity index (χ3v) is 3.55. The zero-order valence-corrected chi connectivity index (χ0v) is 11.8. The highest BCUT2D eigenvalue weighted by atomic mass is 19.1. The zero-order chi connectivity index (χ0) is 14.8. The van der Waals surface area contributed by atoms with E-state index in [9.17, 15) is 8.78 Å². The Morgan fingerprint density at radius 3 is 2.48 bits per heavy atom. The molecule has 1 heterocycles. The van der Waals surface area contributed by atoms with Gasteiger partial charge in [0.15, 0.2) is 0 Å². The molecular weight excluding hydrogens is 270 g/mol. The summed E-state index contributed by atoms with van der Waals surface area (Å²) in [7, 11) is 0. The molecule has 0 atom stereocenters. The first kappa shape index (κ1) is 13.6. The minimum Gasteiger partial charge on any atom is -0.354 e. The van der Waals surface area contributed by atoms with Gasteiger partial charge in [-0.15, -0.1) is 0 Å². The summed E-state index contributed by atoms with van der Waals surface area (Å²) in [4.78, 5) is 4.07. The lowest BCUT2D eigenvalue weighted by Crippen LogP contribution is -2.25. The lowest BCUT2D eigenvalue weighted by molar-refractivity contribution is 0.390. The van der Waals surface area contributed by atoms with Crippen LogP contribution < -0.4 is 4.90 Å².